The van der Waals surface area contributed by atoms with E-state index in [2.05, 4.69) is 11.4 Å². The second-order valence-electron chi connectivity index (χ2n) is 6.62. The smallest absolute Gasteiger partial charge is 0.338 e. The number of nitrogens with one attached hydrogen (secondary N) is 1. The number of fused-ring (bicyclic) bond motifs is 4. The Hall–Kier alpha value is -2.60. The van der Waals surface area contributed by atoms with Crippen LogP contribution < -0.4 is 15.0 Å². The van der Waals surface area contributed by atoms with Crippen LogP contribution >= 0.6 is 12.2 Å². The molecule has 2 aliphatic heterocycles. The Morgan fingerprint density at radius 3 is 2.77 bits per heavy atom. The maximum absolute atomic E-state index is 11.9. The maximum Gasteiger partial charge on any atom is 0.338 e. The molecule has 4 rings (SSSR count). The van der Waals surface area contributed by atoms with Gasteiger partial charge in [-0.2, -0.15) is 0 Å². The summed E-state index contributed by atoms with van der Waals surface area (Å²) in [6.07, 6.45) is 0.768. The van der Waals surface area contributed by atoms with Crippen molar-refractivity contribution < 1.29 is 14.3 Å². The first kappa shape index (κ1) is 16.8. The zero-order valence-electron chi connectivity index (χ0n) is 14.7. The van der Waals surface area contributed by atoms with E-state index in [0.29, 0.717) is 17.3 Å². The summed E-state index contributed by atoms with van der Waals surface area (Å²) in [5.41, 5.74) is 1.93. The molecule has 1 N–H and O–H groups in total. The molecule has 0 saturated carbocycles. The molecule has 2 bridgehead atoms. The number of nitrogens with zero attached hydrogens (tertiary/aromatic N) is 1. The topological polar surface area (TPSA) is 50.8 Å². The molecule has 2 aromatic carbocycles. The predicted octanol–water partition coefficient (Wildman–Crippen LogP) is 3.80. The average Bonchev–Trinajstić information content (AvgIpc) is 2.61. The normalized spacial score (nSPS) is 23.5. The summed E-state index contributed by atoms with van der Waals surface area (Å²) in [6, 6.07) is 15.4. The van der Waals surface area contributed by atoms with Gasteiger partial charge in [0, 0.05) is 17.7 Å². The van der Waals surface area contributed by atoms with Crippen LogP contribution in [0.5, 0.6) is 5.75 Å². The van der Waals surface area contributed by atoms with Crippen LogP contribution in [0.1, 0.15) is 42.2 Å². The fraction of sp³-hybridized carbons (Fsp3) is 0.300. The van der Waals surface area contributed by atoms with E-state index in [4.69, 9.17) is 21.7 Å². The highest BCUT2D eigenvalue weighted by atomic mass is 32.1. The molecular formula is C20H20N2O3S. The minimum atomic E-state index is -0.590. The SMILES string of the molecule is CCOC(=O)c1ccc(N2C(=S)N[C@H]3C[C@@]2(C)Oc2ccccc23)cc1. The maximum atomic E-state index is 11.9. The van der Waals surface area contributed by atoms with Gasteiger partial charge < -0.3 is 14.8 Å². The number of thiocarbonyl (C=S) groups is 1. The molecule has 2 heterocycles. The molecule has 6 heteroatoms. The summed E-state index contributed by atoms with van der Waals surface area (Å²) in [7, 11) is 0. The highest BCUT2D eigenvalue weighted by Crippen LogP contribution is 2.45. The molecule has 0 aliphatic carbocycles. The Morgan fingerprint density at radius 1 is 1.31 bits per heavy atom. The number of carbonyl (C=O) groups is 1. The zero-order chi connectivity index (χ0) is 18.3. The van der Waals surface area contributed by atoms with E-state index in [-0.39, 0.29) is 12.0 Å². The molecule has 0 amide bonds. The second-order valence-corrected chi connectivity index (χ2v) is 7.01. The highest BCUT2D eigenvalue weighted by molar-refractivity contribution is 7.80. The van der Waals surface area contributed by atoms with Crippen molar-refractivity contribution in [2.75, 3.05) is 11.5 Å². The second kappa shape index (κ2) is 6.29. The molecule has 2 aliphatic rings. The molecule has 2 atom stereocenters. The van der Waals surface area contributed by atoms with Crippen molar-refractivity contribution in [2.24, 2.45) is 0 Å². The molecule has 2 aromatic rings. The highest BCUT2D eigenvalue weighted by Gasteiger charge is 2.48. The Kier molecular flexibility index (Phi) is 4.07. The fourth-order valence-corrected chi connectivity index (χ4v) is 4.11. The van der Waals surface area contributed by atoms with Gasteiger partial charge in [0.15, 0.2) is 10.8 Å². The van der Waals surface area contributed by atoms with Crippen molar-refractivity contribution in [3.05, 3.63) is 59.7 Å². The first-order valence-corrected chi connectivity index (χ1v) is 9.08. The summed E-state index contributed by atoms with van der Waals surface area (Å²) >= 11 is 5.63. The Balaban J connectivity index is 1.67. The van der Waals surface area contributed by atoms with Gasteiger partial charge in [-0.3, -0.25) is 4.90 Å². The summed E-state index contributed by atoms with van der Waals surface area (Å²) < 4.78 is 11.4. The van der Waals surface area contributed by atoms with Crippen LogP contribution in [0.3, 0.4) is 0 Å². The molecule has 0 aromatic heterocycles. The van der Waals surface area contributed by atoms with Crippen molar-refractivity contribution in [1.29, 1.82) is 0 Å². The van der Waals surface area contributed by atoms with Gasteiger partial charge >= 0.3 is 5.97 Å². The number of para-hydroxylation sites is 1. The van der Waals surface area contributed by atoms with Gasteiger partial charge in [-0.05, 0) is 56.4 Å². The van der Waals surface area contributed by atoms with Crippen LogP contribution in [0.4, 0.5) is 5.69 Å². The summed E-state index contributed by atoms with van der Waals surface area (Å²) in [6.45, 7) is 4.19. The number of hydrogen-bond donors (Lipinski definition) is 1. The molecule has 1 fully saturated rings. The van der Waals surface area contributed by atoms with Crippen LogP contribution in [0.25, 0.3) is 0 Å². The number of hydrogen-bond acceptors (Lipinski definition) is 4. The summed E-state index contributed by atoms with van der Waals surface area (Å²) in [4.78, 5) is 13.8. The third kappa shape index (κ3) is 2.70. The number of carbonyl (C=O) groups excluding carboxylic acids is 1. The molecule has 26 heavy (non-hydrogen) atoms. The van der Waals surface area contributed by atoms with E-state index in [1.54, 1.807) is 19.1 Å². The number of anilines is 1. The van der Waals surface area contributed by atoms with Crippen molar-refractivity contribution in [1.82, 2.24) is 5.32 Å². The van der Waals surface area contributed by atoms with Crippen LogP contribution in [0.2, 0.25) is 0 Å². The van der Waals surface area contributed by atoms with E-state index in [9.17, 15) is 4.79 Å². The van der Waals surface area contributed by atoms with E-state index in [1.165, 1.54) is 0 Å². The summed E-state index contributed by atoms with van der Waals surface area (Å²) in [5, 5.41) is 4.03. The monoisotopic (exact) mass is 368 g/mol. The molecule has 0 unspecified atom stereocenters. The fourth-order valence-electron chi connectivity index (χ4n) is 3.67. The van der Waals surface area contributed by atoms with Gasteiger partial charge in [0.25, 0.3) is 0 Å². The largest absolute Gasteiger partial charge is 0.467 e. The zero-order valence-corrected chi connectivity index (χ0v) is 15.5. The lowest BCUT2D eigenvalue weighted by Gasteiger charge is -2.52. The Morgan fingerprint density at radius 2 is 2.04 bits per heavy atom. The first-order valence-electron chi connectivity index (χ1n) is 8.68. The van der Waals surface area contributed by atoms with E-state index in [1.807, 2.05) is 42.2 Å². The minimum absolute atomic E-state index is 0.132. The van der Waals surface area contributed by atoms with Gasteiger partial charge in [0.2, 0.25) is 0 Å². The quantitative estimate of drug-likeness (QED) is 0.657. The van der Waals surface area contributed by atoms with Crippen molar-refractivity contribution in [3.63, 3.8) is 0 Å². The minimum Gasteiger partial charge on any atom is -0.467 e. The van der Waals surface area contributed by atoms with Gasteiger partial charge in [-0.1, -0.05) is 18.2 Å². The van der Waals surface area contributed by atoms with Crippen LogP contribution in [-0.2, 0) is 4.74 Å². The molecule has 134 valence electrons. The van der Waals surface area contributed by atoms with Crippen molar-refractivity contribution in [2.45, 2.75) is 32.0 Å². The number of esters is 1. The lowest BCUT2D eigenvalue weighted by Crippen LogP contribution is -2.65. The Bertz CT molecular complexity index is 868. The molecule has 0 radical (unpaired) electrons. The lowest BCUT2D eigenvalue weighted by molar-refractivity contribution is 0.0498. The van der Waals surface area contributed by atoms with Crippen LogP contribution in [0, 0.1) is 0 Å². The van der Waals surface area contributed by atoms with E-state index >= 15 is 0 Å². The van der Waals surface area contributed by atoms with Crippen LogP contribution in [0.15, 0.2) is 48.5 Å². The lowest BCUT2D eigenvalue weighted by atomic mass is 9.90. The number of ether oxygens (including phenoxy) is 2. The third-order valence-corrected chi connectivity index (χ3v) is 5.12. The van der Waals surface area contributed by atoms with E-state index in [0.717, 1.165) is 23.4 Å². The van der Waals surface area contributed by atoms with Gasteiger partial charge in [-0.15, -0.1) is 0 Å². The number of benzene rings is 2. The predicted molar refractivity (Wildman–Crippen MR) is 103 cm³/mol. The van der Waals surface area contributed by atoms with Crippen molar-refractivity contribution in [3.8, 4) is 5.75 Å². The Labute approximate surface area is 157 Å². The molecule has 5 nitrogen and oxygen atoms in total. The number of rotatable bonds is 3. The van der Waals surface area contributed by atoms with Gasteiger partial charge in [-0.25, -0.2) is 4.79 Å². The standard InChI is InChI=1S/C20H20N2O3S/c1-3-24-18(23)13-8-10-14(11-9-13)22-19(26)21-16-12-20(22,2)25-17-7-5-4-6-15(16)17/h4-11,16H,3,12H2,1-2H3,(H,21,26)/t16-,20+/m0/s1. The molecule has 0 spiro atoms. The summed E-state index contributed by atoms with van der Waals surface area (Å²) in [5.74, 6) is 0.543. The molecule has 1 saturated heterocycles. The van der Waals surface area contributed by atoms with Crippen LogP contribution in [-0.4, -0.2) is 23.4 Å². The third-order valence-electron chi connectivity index (χ3n) is 4.82. The average molecular weight is 368 g/mol. The van der Waals surface area contributed by atoms with Crippen molar-refractivity contribution >= 4 is 29.0 Å². The first-order chi connectivity index (χ1) is 12.5. The van der Waals surface area contributed by atoms with Gasteiger partial charge in [0.1, 0.15) is 5.75 Å². The van der Waals surface area contributed by atoms with E-state index < -0.39 is 5.72 Å². The molecular weight excluding hydrogens is 348 g/mol. The van der Waals surface area contributed by atoms with Gasteiger partial charge in [0.05, 0.1) is 18.2 Å².